The summed E-state index contributed by atoms with van der Waals surface area (Å²) in [6.07, 6.45) is 10.4. The SMILES string of the molecule is Cc1c(Cl)ccc2c(-c3nc(C(=O)N4CCC(c5cnccn5)CC4)c(-c4cccnc4)s3)[nH]nc12. The first-order chi connectivity index (χ1) is 17.6. The standard InChI is InChI=1S/C26H22ClN7OS/c1-15-19(27)5-4-18-21(15)32-33-22(18)25-31-23(24(36-25)17-3-2-8-28-13-17)26(35)34-11-6-16(7-12-34)20-14-29-9-10-30-20/h2-5,8-10,13-14,16H,6-7,11-12H2,1H3,(H,32,33). The smallest absolute Gasteiger partial charge is 0.274 e. The van der Waals surface area contributed by atoms with Crippen LogP contribution in [0, 0.1) is 6.92 Å². The van der Waals surface area contributed by atoms with Crippen molar-refractivity contribution in [3.05, 3.63) is 77.2 Å². The number of thiazole rings is 1. The van der Waals surface area contributed by atoms with E-state index in [4.69, 9.17) is 16.6 Å². The summed E-state index contributed by atoms with van der Waals surface area (Å²) in [6, 6.07) is 7.62. The number of nitrogens with zero attached hydrogens (tertiary/aromatic N) is 6. The minimum atomic E-state index is -0.0722. The molecule has 1 fully saturated rings. The summed E-state index contributed by atoms with van der Waals surface area (Å²) >= 11 is 7.76. The molecule has 1 amide bonds. The van der Waals surface area contributed by atoms with E-state index in [2.05, 4.69) is 25.1 Å². The van der Waals surface area contributed by atoms with E-state index < -0.39 is 0 Å². The molecule has 6 rings (SSSR count). The van der Waals surface area contributed by atoms with Crippen LogP contribution < -0.4 is 0 Å². The summed E-state index contributed by atoms with van der Waals surface area (Å²) in [4.78, 5) is 34.2. The Balaban J connectivity index is 1.35. The zero-order chi connectivity index (χ0) is 24.6. The monoisotopic (exact) mass is 515 g/mol. The molecule has 10 heteroatoms. The number of aromatic amines is 1. The van der Waals surface area contributed by atoms with Crippen molar-refractivity contribution in [2.24, 2.45) is 0 Å². The molecule has 5 aromatic rings. The highest BCUT2D eigenvalue weighted by molar-refractivity contribution is 7.18. The first-order valence-electron chi connectivity index (χ1n) is 11.7. The number of rotatable bonds is 4. The molecule has 1 aliphatic heterocycles. The van der Waals surface area contributed by atoms with Crippen LogP contribution in [0.25, 0.3) is 32.0 Å². The molecule has 1 N–H and O–H groups in total. The number of halogens is 1. The lowest BCUT2D eigenvalue weighted by molar-refractivity contribution is 0.0707. The third-order valence-electron chi connectivity index (χ3n) is 6.66. The Morgan fingerprint density at radius 1 is 1.11 bits per heavy atom. The van der Waals surface area contributed by atoms with Gasteiger partial charge in [0.05, 0.1) is 16.1 Å². The van der Waals surface area contributed by atoms with Crippen LogP contribution in [-0.4, -0.2) is 54.0 Å². The number of benzene rings is 1. The lowest BCUT2D eigenvalue weighted by Crippen LogP contribution is -2.38. The fourth-order valence-electron chi connectivity index (χ4n) is 4.67. The van der Waals surface area contributed by atoms with Crippen LogP contribution in [0.2, 0.25) is 5.02 Å². The van der Waals surface area contributed by atoms with E-state index in [0.29, 0.717) is 34.7 Å². The Hall–Kier alpha value is -3.69. The minimum Gasteiger partial charge on any atom is -0.337 e. The topological polar surface area (TPSA) is 101 Å². The lowest BCUT2D eigenvalue weighted by Gasteiger charge is -2.31. The van der Waals surface area contributed by atoms with Crippen molar-refractivity contribution in [3.63, 3.8) is 0 Å². The minimum absolute atomic E-state index is 0.0722. The van der Waals surface area contributed by atoms with Gasteiger partial charge < -0.3 is 4.90 Å². The van der Waals surface area contributed by atoms with Crippen molar-refractivity contribution in [2.45, 2.75) is 25.7 Å². The molecular formula is C26H22ClN7OS. The Labute approximate surface area is 216 Å². The molecule has 0 spiro atoms. The van der Waals surface area contributed by atoms with E-state index in [1.807, 2.05) is 42.3 Å². The lowest BCUT2D eigenvalue weighted by atomic mass is 9.93. The zero-order valence-corrected chi connectivity index (χ0v) is 21.1. The maximum atomic E-state index is 13.8. The number of hydrogen-bond acceptors (Lipinski definition) is 7. The molecule has 0 aliphatic carbocycles. The number of hydrogen-bond donors (Lipinski definition) is 1. The van der Waals surface area contributed by atoms with Gasteiger partial charge in [0.2, 0.25) is 0 Å². The van der Waals surface area contributed by atoms with Gasteiger partial charge in [0, 0.05) is 66.0 Å². The van der Waals surface area contributed by atoms with Crippen LogP contribution >= 0.6 is 22.9 Å². The fourth-order valence-corrected chi connectivity index (χ4v) is 5.88. The van der Waals surface area contributed by atoms with E-state index in [1.165, 1.54) is 11.3 Å². The summed E-state index contributed by atoms with van der Waals surface area (Å²) < 4.78 is 0. The van der Waals surface area contributed by atoms with Gasteiger partial charge in [0.25, 0.3) is 5.91 Å². The Kier molecular flexibility index (Phi) is 5.94. The number of amides is 1. The van der Waals surface area contributed by atoms with E-state index in [0.717, 1.165) is 51.1 Å². The van der Waals surface area contributed by atoms with Crippen molar-refractivity contribution in [2.75, 3.05) is 13.1 Å². The molecule has 36 heavy (non-hydrogen) atoms. The molecule has 8 nitrogen and oxygen atoms in total. The first-order valence-corrected chi connectivity index (χ1v) is 12.9. The van der Waals surface area contributed by atoms with E-state index in [9.17, 15) is 4.79 Å². The number of aryl methyl sites for hydroxylation is 1. The average Bonchev–Trinajstić information content (AvgIpc) is 3.57. The van der Waals surface area contributed by atoms with Gasteiger partial charge in [-0.05, 0) is 43.5 Å². The van der Waals surface area contributed by atoms with Gasteiger partial charge in [-0.3, -0.25) is 24.8 Å². The van der Waals surface area contributed by atoms with Crippen LogP contribution in [0.3, 0.4) is 0 Å². The molecule has 1 aromatic carbocycles. The molecule has 1 saturated heterocycles. The number of carbonyl (C=O) groups excluding carboxylic acids is 1. The van der Waals surface area contributed by atoms with Crippen molar-refractivity contribution in [1.29, 1.82) is 0 Å². The fraction of sp³-hybridized carbons (Fsp3) is 0.231. The molecule has 180 valence electrons. The quantitative estimate of drug-likeness (QED) is 0.338. The summed E-state index contributed by atoms with van der Waals surface area (Å²) in [5, 5.41) is 9.89. The highest BCUT2D eigenvalue weighted by Gasteiger charge is 2.30. The maximum Gasteiger partial charge on any atom is 0.274 e. The third-order valence-corrected chi connectivity index (χ3v) is 8.20. The molecule has 0 bridgehead atoms. The highest BCUT2D eigenvalue weighted by Crippen LogP contribution is 2.39. The number of nitrogens with one attached hydrogen (secondary N) is 1. The first kappa shape index (κ1) is 22.8. The Morgan fingerprint density at radius 2 is 1.94 bits per heavy atom. The van der Waals surface area contributed by atoms with Gasteiger partial charge in [-0.2, -0.15) is 5.10 Å². The number of likely N-dealkylation sites (tertiary alicyclic amines) is 1. The van der Waals surface area contributed by atoms with Crippen molar-refractivity contribution in [1.82, 2.24) is 35.0 Å². The van der Waals surface area contributed by atoms with Crippen molar-refractivity contribution in [3.8, 4) is 21.1 Å². The largest absolute Gasteiger partial charge is 0.337 e. The van der Waals surface area contributed by atoms with E-state index in [-0.39, 0.29) is 5.91 Å². The van der Waals surface area contributed by atoms with Gasteiger partial charge in [-0.15, -0.1) is 11.3 Å². The van der Waals surface area contributed by atoms with Crippen molar-refractivity contribution >= 4 is 39.7 Å². The normalized spacial score (nSPS) is 14.4. The second kappa shape index (κ2) is 9.40. The van der Waals surface area contributed by atoms with Crippen LogP contribution in [0.15, 0.2) is 55.2 Å². The average molecular weight is 516 g/mol. The van der Waals surface area contributed by atoms with E-state index >= 15 is 0 Å². The Bertz CT molecular complexity index is 1540. The predicted octanol–water partition coefficient (Wildman–Crippen LogP) is 5.52. The third kappa shape index (κ3) is 4.04. The Morgan fingerprint density at radius 3 is 2.69 bits per heavy atom. The maximum absolute atomic E-state index is 13.8. The molecule has 0 saturated carbocycles. The number of pyridine rings is 1. The van der Waals surface area contributed by atoms with Gasteiger partial charge in [-0.1, -0.05) is 17.7 Å². The van der Waals surface area contributed by atoms with Gasteiger partial charge in [0.1, 0.15) is 16.4 Å². The van der Waals surface area contributed by atoms with Crippen LogP contribution in [0.1, 0.15) is 40.5 Å². The van der Waals surface area contributed by atoms with Crippen LogP contribution in [0.5, 0.6) is 0 Å². The van der Waals surface area contributed by atoms with Gasteiger partial charge in [0.15, 0.2) is 0 Å². The molecule has 0 radical (unpaired) electrons. The summed E-state index contributed by atoms with van der Waals surface area (Å²) in [6.45, 7) is 3.23. The molecule has 1 aliphatic rings. The van der Waals surface area contributed by atoms with Crippen LogP contribution in [0.4, 0.5) is 0 Å². The van der Waals surface area contributed by atoms with Gasteiger partial charge >= 0.3 is 0 Å². The summed E-state index contributed by atoms with van der Waals surface area (Å²) in [5.41, 5.74) is 4.77. The number of piperidine rings is 1. The predicted molar refractivity (Wildman–Crippen MR) is 140 cm³/mol. The number of fused-ring (bicyclic) bond motifs is 1. The molecule has 0 unspecified atom stereocenters. The second-order valence-corrected chi connectivity index (χ2v) is 10.2. The van der Waals surface area contributed by atoms with Gasteiger partial charge in [-0.25, -0.2) is 4.98 Å². The summed E-state index contributed by atoms with van der Waals surface area (Å²) in [7, 11) is 0. The molecular weight excluding hydrogens is 494 g/mol. The number of aromatic nitrogens is 6. The van der Waals surface area contributed by atoms with Crippen molar-refractivity contribution < 1.29 is 4.79 Å². The molecule has 4 aromatic heterocycles. The second-order valence-electron chi connectivity index (χ2n) is 8.80. The number of H-pyrrole nitrogens is 1. The molecule has 0 atom stereocenters. The zero-order valence-electron chi connectivity index (χ0n) is 19.5. The summed E-state index contributed by atoms with van der Waals surface area (Å²) in [5.74, 6) is 0.231. The number of carbonyl (C=O) groups is 1. The van der Waals surface area contributed by atoms with E-state index in [1.54, 1.807) is 24.8 Å². The highest BCUT2D eigenvalue weighted by atomic mass is 35.5. The molecule has 5 heterocycles. The van der Waals surface area contributed by atoms with Crippen LogP contribution in [-0.2, 0) is 0 Å².